The number of tetrazole rings is 1. The van der Waals surface area contributed by atoms with Gasteiger partial charge in [-0.15, -0.1) is 5.10 Å². The Morgan fingerprint density at radius 3 is 3.07 bits per heavy atom. The first-order valence-electron chi connectivity index (χ1n) is 4.15. The minimum atomic E-state index is -0.140. The number of aromatic nitrogens is 4. The van der Waals surface area contributed by atoms with E-state index in [1.807, 2.05) is 0 Å². The molecule has 0 atom stereocenters. The van der Waals surface area contributed by atoms with Crippen LogP contribution in [0.2, 0.25) is 0 Å². The highest BCUT2D eigenvalue weighted by Gasteiger charge is 2.00. The van der Waals surface area contributed by atoms with Gasteiger partial charge in [0.25, 0.3) is 0 Å². The fourth-order valence-corrected chi connectivity index (χ4v) is 0.808. The van der Waals surface area contributed by atoms with Crippen molar-refractivity contribution < 1.29 is 4.79 Å². The second kappa shape index (κ2) is 5.81. The Balaban J connectivity index is 2.20. The van der Waals surface area contributed by atoms with E-state index in [-0.39, 0.29) is 12.5 Å². The van der Waals surface area contributed by atoms with E-state index in [4.69, 9.17) is 5.73 Å². The third kappa shape index (κ3) is 3.76. The van der Waals surface area contributed by atoms with Crippen LogP contribution in [0.25, 0.3) is 0 Å². The van der Waals surface area contributed by atoms with Crippen LogP contribution in [0.4, 0.5) is 0 Å². The van der Waals surface area contributed by atoms with E-state index >= 15 is 0 Å². The Bertz CT molecular complexity index is 293. The van der Waals surface area contributed by atoms with Crippen molar-refractivity contribution >= 4 is 5.91 Å². The maximum Gasteiger partial charge on any atom is 0.242 e. The highest BCUT2D eigenvalue weighted by Crippen LogP contribution is 1.78. The molecule has 0 aromatic carbocycles. The van der Waals surface area contributed by atoms with Crippen LogP contribution in [0, 0.1) is 0 Å². The van der Waals surface area contributed by atoms with Crippen molar-refractivity contribution in [2.45, 2.75) is 6.54 Å². The predicted octanol–water partition coefficient (Wildman–Crippen LogP) is -1.70. The van der Waals surface area contributed by atoms with Crippen LogP contribution in [0.1, 0.15) is 0 Å². The summed E-state index contributed by atoms with van der Waals surface area (Å²) < 4.78 is 1.35. The summed E-state index contributed by atoms with van der Waals surface area (Å²) in [5.41, 5.74) is 5.22. The zero-order chi connectivity index (χ0) is 10.2. The Morgan fingerprint density at radius 2 is 2.43 bits per heavy atom. The summed E-state index contributed by atoms with van der Waals surface area (Å²) in [6.45, 7) is 1.07. The van der Waals surface area contributed by atoms with Crippen molar-refractivity contribution in [3.63, 3.8) is 0 Å². The van der Waals surface area contributed by atoms with E-state index in [0.29, 0.717) is 13.1 Å². The van der Waals surface area contributed by atoms with Gasteiger partial charge in [-0.05, 0) is 10.4 Å². The standard InChI is InChI=1S/C7H12N6O/c8-3-1-2-4-9-7(14)5-13-6-10-11-12-13/h1-2,6H,3-5,8H2,(H,9,14)/b2-1+. The second-order valence-corrected chi connectivity index (χ2v) is 2.52. The highest BCUT2D eigenvalue weighted by atomic mass is 16.2. The summed E-state index contributed by atoms with van der Waals surface area (Å²) in [5.74, 6) is -0.140. The number of nitrogens with zero attached hydrogens (tertiary/aromatic N) is 4. The Hall–Kier alpha value is -1.76. The van der Waals surface area contributed by atoms with Crippen LogP contribution < -0.4 is 11.1 Å². The molecule has 0 bridgehead atoms. The minimum absolute atomic E-state index is 0.128. The van der Waals surface area contributed by atoms with Gasteiger partial charge in [0.2, 0.25) is 5.91 Å². The number of carbonyl (C=O) groups excluding carboxylic acids is 1. The van der Waals surface area contributed by atoms with E-state index < -0.39 is 0 Å². The molecule has 7 heteroatoms. The first-order valence-corrected chi connectivity index (χ1v) is 4.15. The first-order chi connectivity index (χ1) is 6.83. The average molecular weight is 196 g/mol. The van der Waals surface area contributed by atoms with Crippen molar-refractivity contribution in [2.75, 3.05) is 13.1 Å². The number of hydrogen-bond acceptors (Lipinski definition) is 5. The number of nitrogens with one attached hydrogen (secondary N) is 1. The summed E-state index contributed by atoms with van der Waals surface area (Å²) in [4.78, 5) is 11.2. The molecule has 1 heterocycles. The van der Waals surface area contributed by atoms with E-state index in [9.17, 15) is 4.79 Å². The van der Waals surface area contributed by atoms with Crippen LogP contribution in [0.15, 0.2) is 18.5 Å². The molecule has 3 N–H and O–H groups in total. The molecule has 0 unspecified atom stereocenters. The van der Waals surface area contributed by atoms with Crippen LogP contribution in [0.3, 0.4) is 0 Å². The molecule has 76 valence electrons. The monoisotopic (exact) mass is 196 g/mol. The topological polar surface area (TPSA) is 98.7 Å². The van der Waals surface area contributed by atoms with Gasteiger partial charge in [-0.3, -0.25) is 4.79 Å². The van der Waals surface area contributed by atoms with Gasteiger partial charge in [-0.25, -0.2) is 4.68 Å². The summed E-state index contributed by atoms with van der Waals surface area (Å²) in [6, 6.07) is 0. The van der Waals surface area contributed by atoms with Gasteiger partial charge in [0.05, 0.1) is 0 Å². The van der Waals surface area contributed by atoms with Crippen molar-refractivity contribution in [1.82, 2.24) is 25.5 Å². The van der Waals surface area contributed by atoms with E-state index in [1.165, 1.54) is 11.0 Å². The number of carbonyl (C=O) groups is 1. The lowest BCUT2D eigenvalue weighted by atomic mass is 10.4. The van der Waals surface area contributed by atoms with E-state index in [1.54, 1.807) is 12.2 Å². The van der Waals surface area contributed by atoms with Crippen molar-refractivity contribution in [3.8, 4) is 0 Å². The molecule has 0 aliphatic rings. The van der Waals surface area contributed by atoms with E-state index in [0.717, 1.165) is 0 Å². The SMILES string of the molecule is NC/C=C/CNC(=O)Cn1cnnn1. The van der Waals surface area contributed by atoms with Gasteiger partial charge in [-0.2, -0.15) is 0 Å². The van der Waals surface area contributed by atoms with E-state index in [2.05, 4.69) is 20.8 Å². The molecule has 0 aliphatic heterocycles. The molecular formula is C7H12N6O. The third-order valence-electron chi connectivity index (χ3n) is 1.42. The van der Waals surface area contributed by atoms with Crippen LogP contribution >= 0.6 is 0 Å². The van der Waals surface area contributed by atoms with Gasteiger partial charge < -0.3 is 11.1 Å². The molecule has 1 amide bonds. The molecule has 0 saturated heterocycles. The molecule has 7 nitrogen and oxygen atoms in total. The summed E-state index contributed by atoms with van der Waals surface area (Å²) in [5, 5.41) is 13.0. The number of rotatable bonds is 5. The fraction of sp³-hybridized carbons (Fsp3) is 0.429. The molecule has 0 spiro atoms. The highest BCUT2D eigenvalue weighted by molar-refractivity contribution is 5.75. The van der Waals surface area contributed by atoms with Crippen LogP contribution in [0.5, 0.6) is 0 Å². The maximum atomic E-state index is 11.2. The molecule has 0 saturated carbocycles. The van der Waals surface area contributed by atoms with Crippen LogP contribution in [-0.2, 0) is 11.3 Å². The normalized spacial score (nSPS) is 10.6. The number of nitrogens with two attached hydrogens (primary N) is 1. The Morgan fingerprint density at radius 1 is 1.57 bits per heavy atom. The fourth-order valence-electron chi connectivity index (χ4n) is 0.808. The van der Waals surface area contributed by atoms with Crippen molar-refractivity contribution in [2.24, 2.45) is 5.73 Å². The molecule has 0 radical (unpaired) electrons. The van der Waals surface area contributed by atoms with Crippen molar-refractivity contribution in [3.05, 3.63) is 18.5 Å². The lowest BCUT2D eigenvalue weighted by Gasteiger charge is -2.00. The molecular weight excluding hydrogens is 184 g/mol. The largest absolute Gasteiger partial charge is 0.351 e. The molecule has 1 aromatic rings. The summed E-state index contributed by atoms with van der Waals surface area (Å²) in [6.07, 6.45) is 4.95. The molecule has 1 rings (SSSR count). The predicted molar refractivity (Wildman–Crippen MR) is 49.0 cm³/mol. The molecule has 14 heavy (non-hydrogen) atoms. The first kappa shape index (κ1) is 10.3. The van der Waals surface area contributed by atoms with Gasteiger partial charge >= 0.3 is 0 Å². The van der Waals surface area contributed by atoms with Gasteiger partial charge in [0.1, 0.15) is 12.9 Å². The minimum Gasteiger partial charge on any atom is -0.351 e. The van der Waals surface area contributed by atoms with Crippen LogP contribution in [-0.4, -0.2) is 39.2 Å². The zero-order valence-electron chi connectivity index (χ0n) is 7.63. The lowest BCUT2D eigenvalue weighted by Crippen LogP contribution is -2.27. The number of amides is 1. The van der Waals surface area contributed by atoms with Gasteiger partial charge in [0.15, 0.2) is 0 Å². The zero-order valence-corrected chi connectivity index (χ0v) is 7.63. The molecule has 0 aliphatic carbocycles. The van der Waals surface area contributed by atoms with Crippen molar-refractivity contribution in [1.29, 1.82) is 0 Å². The Kier molecular flexibility index (Phi) is 4.29. The van der Waals surface area contributed by atoms with Gasteiger partial charge in [0, 0.05) is 13.1 Å². The maximum absolute atomic E-state index is 11.2. The Labute approximate surface area is 81.0 Å². The summed E-state index contributed by atoms with van der Waals surface area (Å²) >= 11 is 0. The van der Waals surface area contributed by atoms with Gasteiger partial charge in [-0.1, -0.05) is 12.2 Å². The summed E-state index contributed by atoms with van der Waals surface area (Å²) in [7, 11) is 0. The lowest BCUT2D eigenvalue weighted by molar-refractivity contribution is -0.121. The third-order valence-corrected chi connectivity index (χ3v) is 1.42. The second-order valence-electron chi connectivity index (χ2n) is 2.52. The average Bonchev–Trinajstić information content (AvgIpc) is 2.65. The molecule has 0 fully saturated rings. The quantitative estimate of drug-likeness (QED) is 0.547. The smallest absolute Gasteiger partial charge is 0.242 e. The molecule has 1 aromatic heterocycles. The number of hydrogen-bond donors (Lipinski definition) is 2.